The third-order valence-corrected chi connectivity index (χ3v) is 2.80. The second-order valence-electron chi connectivity index (χ2n) is 3.84. The van der Waals surface area contributed by atoms with Crippen molar-refractivity contribution in [1.82, 2.24) is 5.32 Å². The summed E-state index contributed by atoms with van der Waals surface area (Å²) in [5.41, 5.74) is 1.04. The highest BCUT2D eigenvalue weighted by molar-refractivity contribution is 6.30. The SMILES string of the molecule is C[C@H](NC1CC1)c1ccc(F)c(Cl)c1. The second-order valence-corrected chi connectivity index (χ2v) is 4.24. The Bertz CT molecular complexity index is 336. The van der Waals surface area contributed by atoms with Gasteiger partial charge >= 0.3 is 0 Å². The molecule has 1 N–H and O–H groups in total. The van der Waals surface area contributed by atoms with E-state index >= 15 is 0 Å². The second kappa shape index (κ2) is 3.87. The predicted molar refractivity (Wildman–Crippen MR) is 56.0 cm³/mol. The van der Waals surface area contributed by atoms with Gasteiger partial charge in [-0.1, -0.05) is 17.7 Å². The summed E-state index contributed by atoms with van der Waals surface area (Å²) in [5.74, 6) is -0.353. The van der Waals surface area contributed by atoms with Crippen LogP contribution < -0.4 is 5.32 Å². The Morgan fingerprint density at radius 1 is 1.50 bits per heavy atom. The van der Waals surface area contributed by atoms with Crippen LogP contribution in [0.1, 0.15) is 31.4 Å². The molecule has 1 atom stereocenters. The van der Waals surface area contributed by atoms with Crippen molar-refractivity contribution in [3.05, 3.63) is 34.6 Å². The molecule has 3 heteroatoms. The third-order valence-electron chi connectivity index (χ3n) is 2.51. The average molecular weight is 214 g/mol. The fourth-order valence-electron chi connectivity index (χ4n) is 1.48. The normalized spacial score (nSPS) is 18.2. The minimum Gasteiger partial charge on any atom is -0.307 e. The van der Waals surface area contributed by atoms with Gasteiger partial charge in [0.05, 0.1) is 5.02 Å². The van der Waals surface area contributed by atoms with E-state index in [0.29, 0.717) is 6.04 Å². The van der Waals surface area contributed by atoms with Crippen LogP contribution in [0.25, 0.3) is 0 Å². The van der Waals surface area contributed by atoms with Gasteiger partial charge in [0.15, 0.2) is 0 Å². The lowest BCUT2D eigenvalue weighted by Gasteiger charge is -2.13. The highest BCUT2D eigenvalue weighted by Crippen LogP contribution is 2.25. The van der Waals surface area contributed by atoms with Gasteiger partial charge in [0.2, 0.25) is 0 Å². The fourth-order valence-corrected chi connectivity index (χ4v) is 1.67. The molecule has 0 spiro atoms. The van der Waals surface area contributed by atoms with Gasteiger partial charge in [-0.2, -0.15) is 0 Å². The van der Waals surface area contributed by atoms with Gasteiger partial charge < -0.3 is 5.32 Å². The maximum Gasteiger partial charge on any atom is 0.141 e. The molecular formula is C11H13ClFN. The summed E-state index contributed by atoms with van der Waals surface area (Å²) in [5, 5.41) is 3.64. The van der Waals surface area contributed by atoms with E-state index in [4.69, 9.17) is 11.6 Å². The van der Waals surface area contributed by atoms with Gasteiger partial charge in [0, 0.05) is 12.1 Å². The van der Waals surface area contributed by atoms with Crippen molar-refractivity contribution < 1.29 is 4.39 Å². The van der Waals surface area contributed by atoms with E-state index in [1.54, 1.807) is 12.1 Å². The standard InChI is InChI=1S/C11H13ClFN/c1-7(14-9-3-4-9)8-2-5-11(13)10(12)6-8/h2,5-7,9,14H,3-4H2,1H3/t7-/m0/s1. The van der Waals surface area contributed by atoms with E-state index in [1.807, 2.05) is 0 Å². The molecule has 1 saturated carbocycles. The van der Waals surface area contributed by atoms with Crippen LogP contribution in [0.2, 0.25) is 5.02 Å². The number of hydrogen-bond donors (Lipinski definition) is 1. The molecule has 14 heavy (non-hydrogen) atoms. The Hall–Kier alpha value is -0.600. The van der Waals surface area contributed by atoms with Crippen LogP contribution in [0.5, 0.6) is 0 Å². The molecule has 0 saturated heterocycles. The monoisotopic (exact) mass is 213 g/mol. The molecule has 0 aliphatic heterocycles. The lowest BCUT2D eigenvalue weighted by molar-refractivity contribution is 0.568. The number of hydrogen-bond acceptors (Lipinski definition) is 1. The van der Waals surface area contributed by atoms with Crippen LogP contribution in [-0.4, -0.2) is 6.04 Å². The Kier molecular flexibility index (Phi) is 2.75. The molecule has 1 aliphatic carbocycles. The van der Waals surface area contributed by atoms with Crippen LogP contribution in [0.3, 0.4) is 0 Å². The Morgan fingerprint density at radius 2 is 2.21 bits per heavy atom. The highest BCUT2D eigenvalue weighted by Gasteiger charge is 2.23. The van der Waals surface area contributed by atoms with Crippen molar-refractivity contribution in [3.63, 3.8) is 0 Å². The van der Waals surface area contributed by atoms with Crippen LogP contribution >= 0.6 is 11.6 Å². The first-order valence-electron chi connectivity index (χ1n) is 4.88. The van der Waals surface area contributed by atoms with Crippen molar-refractivity contribution >= 4 is 11.6 Å². The molecule has 1 fully saturated rings. The van der Waals surface area contributed by atoms with E-state index < -0.39 is 0 Å². The molecule has 0 aromatic heterocycles. The predicted octanol–water partition coefficient (Wildman–Crippen LogP) is 3.29. The zero-order valence-corrected chi connectivity index (χ0v) is 8.81. The lowest BCUT2D eigenvalue weighted by atomic mass is 10.1. The van der Waals surface area contributed by atoms with Crippen LogP contribution in [0, 0.1) is 5.82 Å². The van der Waals surface area contributed by atoms with Gasteiger partial charge in [-0.05, 0) is 37.5 Å². The van der Waals surface area contributed by atoms with Gasteiger partial charge in [-0.3, -0.25) is 0 Å². The van der Waals surface area contributed by atoms with E-state index in [9.17, 15) is 4.39 Å². The summed E-state index contributed by atoms with van der Waals surface area (Å²) in [6, 6.07) is 5.79. The number of halogens is 2. The summed E-state index contributed by atoms with van der Waals surface area (Å²) in [6.07, 6.45) is 2.50. The van der Waals surface area contributed by atoms with Crippen molar-refractivity contribution in [1.29, 1.82) is 0 Å². The number of nitrogens with one attached hydrogen (secondary N) is 1. The molecule has 0 amide bonds. The molecular weight excluding hydrogens is 201 g/mol. The Morgan fingerprint density at radius 3 is 2.79 bits per heavy atom. The lowest BCUT2D eigenvalue weighted by Crippen LogP contribution is -2.20. The topological polar surface area (TPSA) is 12.0 Å². The van der Waals surface area contributed by atoms with Gasteiger partial charge in [0.25, 0.3) is 0 Å². The largest absolute Gasteiger partial charge is 0.307 e. The molecule has 1 aromatic rings. The summed E-state index contributed by atoms with van der Waals surface area (Å²) < 4.78 is 12.9. The molecule has 2 rings (SSSR count). The first kappa shape index (κ1) is 9.94. The Balaban J connectivity index is 2.10. The van der Waals surface area contributed by atoms with E-state index in [0.717, 1.165) is 5.56 Å². The number of rotatable bonds is 3. The molecule has 1 aliphatic rings. The summed E-state index contributed by atoms with van der Waals surface area (Å²) >= 11 is 5.71. The van der Waals surface area contributed by atoms with Gasteiger partial charge in [-0.15, -0.1) is 0 Å². The first-order valence-corrected chi connectivity index (χ1v) is 5.25. The zero-order chi connectivity index (χ0) is 10.1. The smallest absolute Gasteiger partial charge is 0.141 e. The third kappa shape index (κ3) is 2.25. The first-order chi connectivity index (χ1) is 6.66. The van der Waals surface area contributed by atoms with Crippen molar-refractivity contribution in [3.8, 4) is 0 Å². The average Bonchev–Trinajstić information content (AvgIpc) is 2.93. The molecule has 0 bridgehead atoms. The van der Waals surface area contributed by atoms with Crippen molar-refractivity contribution in [2.75, 3.05) is 0 Å². The molecule has 0 radical (unpaired) electrons. The van der Waals surface area contributed by atoms with Crippen LogP contribution in [0.4, 0.5) is 4.39 Å². The van der Waals surface area contributed by atoms with Crippen molar-refractivity contribution in [2.45, 2.75) is 31.8 Å². The fraction of sp³-hybridized carbons (Fsp3) is 0.455. The van der Waals surface area contributed by atoms with E-state index in [2.05, 4.69) is 12.2 Å². The zero-order valence-electron chi connectivity index (χ0n) is 8.06. The maximum absolute atomic E-state index is 12.9. The quantitative estimate of drug-likeness (QED) is 0.813. The van der Waals surface area contributed by atoms with E-state index in [-0.39, 0.29) is 16.9 Å². The summed E-state index contributed by atoms with van der Waals surface area (Å²) in [4.78, 5) is 0. The minimum absolute atomic E-state index is 0.201. The number of benzene rings is 1. The Labute approximate surface area is 88.3 Å². The van der Waals surface area contributed by atoms with Crippen LogP contribution in [-0.2, 0) is 0 Å². The summed E-state index contributed by atoms with van der Waals surface area (Å²) in [7, 11) is 0. The summed E-state index contributed by atoms with van der Waals surface area (Å²) in [6.45, 7) is 2.07. The van der Waals surface area contributed by atoms with Gasteiger partial charge in [0.1, 0.15) is 5.82 Å². The van der Waals surface area contributed by atoms with E-state index in [1.165, 1.54) is 18.9 Å². The van der Waals surface area contributed by atoms with Crippen LogP contribution in [0.15, 0.2) is 18.2 Å². The van der Waals surface area contributed by atoms with Crippen molar-refractivity contribution in [2.24, 2.45) is 0 Å². The maximum atomic E-state index is 12.9. The highest BCUT2D eigenvalue weighted by atomic mass is 35.5. The minimum atomic E-state index is -0.353. The molecule has 0 unspecified atom stereocenters. The molecule has 0 heterocycles. The molecule has 76 valence electrons. The van der Waals surface area contributed by atoms with Gasteiger partial charge in [-0.25, -0.2) is 4.39 Å². The molecule has 1 nitrogen and oxygen atoms in total. The molecule has 1 aromatic carbocycles.